The predicted octanol–water partition coefficient (Wildman–Crippen LogP) is 3.08. The first-order valence-electron chi connectivity index (χ1n) is 4.24. The van der Waals surface area contributed by atoms with Crippen molar-refractivity contribution in [1.29, 1.82) is 5.26 Å². The molecule has 0 saturated heterocycles. The van der Waals surface area contributed by atoms with E-state index in [-0.39, 0.29) is 23.0 Å². The van der Waals surface area contributed by atoms with Crippen molar-refractivity contribution in [3.05, 3.63) is 23.3 Å². The van der Waals surface area contributed by atoms with Gasteiger partial charge in [-0.05, 0) is 0 Å². The van der Waals surface area contributed by atoms with Crippen molar-refractivity contribution in [2.45, 2.75) is 18.1 Å². The van der Waals surface area contributed by atoms with Crippen molar-refractivity contribution < 1.29 is 22.3 Å². The van der Waals surface area contributed by atoms with Crippen LogP contribution < -0.4 is 4.74 Å². The molecule has 0 spiro atoms. The quantitative estimate of drug-likeness (QED) is 0.636. The number of aromatic nitrogens is 1. The molecule has 1 rings (SSSR count). The highest BCUT2D eigenvalue weighted by atomic mass is 79.9. The Morgan fingerprint density at radius 3 is 2.59 bits per heavy atom. The van der Waals surface area contributed by atoms with E-state index in [4.69, 9.17) is 5.26 Å². The normalized spacial score (nSPS) is 11.1. The van der Waals surface area contributed by atoms with Crippen LogP contribution in [0.3, 0.4) is 0 Å². The molecule has 0 aliphatic carbocycles. The summed E-state index contributed by atoms with van der Waals surface area (Å²) in [7, 11) is 0. The first-order valence-corrected chi connectivity index (χ1v) is 5.36. The molecule has 0 unspecified atom stereocenters. The second-order valence-electron chi connectivity index (χ2n) is 2.88. The zero-order valence-corrected chi connectivity index (χ0v) is 9.77. The molecular weight excluding hydrogens is 308 g/mol. The lowest BCUT2D eigenvalue weighted by atomic mass is 10.1. The van der Waals surface area contributed by atoms with Gasteiger partial charge in [0.05, 0.1) is 24.4 Å². The summed E-state index contributed by atoms with van der Waals surface area (Å²) in [4.78, 5) is 3.57. The SMILES string of the molecule is N#CCc1ncc(OC(F)(F)F)c(F)c1CBr. The van der Waals surface area contributed by atoms with E-state index in [1.54, 1.807) is 6.07 Å². The van der Waals surface area contributed by atoms with Crippen LogP contribution in [-0.4, -0.2) is 11.3 Å². The molecule has 0 atom stereocenters. The molecule has 0 aliphatic heterocycles. The van der Waals surface area contributed by atoms with Gasteiger partial charge in [-0.15, -0.1) is 13.2 Å². The van der Waals surface area contributed by atoms with E-state index >= 15 is 0 Å². The van der Waals surface area contributed by atoms with Gasteiger partial charge < -0.3 is 4.74 Å². The van der Waals surface area contributed by atoms with Crippen molar-refractivity contribution >= 4 is 15.9 Å². The topological polar surface area (TPSA) is 45.9 Å². The number of alkyl halides is 4. The molecule has 0 radical (unpaired) electrons. The Balaban J connectivity index is 3.16. The first kappa shape index (κ1) is 13.7. The molecule has 0 N–H and O–H groups in total. The van der Waals surface area contributed by atoms with Gasteiger partial charge in [0.2, 0.25) is 0 Å². The Morgan fingerprint density at radius 2 is 2.12 bits per heavy atom. The summed E-state index contributed by atoms with van der Waals surface area (Å²) in [5, 5.41) is 8.39. The lowest BCUT2D eigenvalue weighted by Gasteiger charge is -2.12. The molecule has 0 aliphatic rings. The summed E-state index contributed by atoms with van der Waals surface area (Å²) in [5.41, 5.74) is -0.0373. The monoisotopic (exact) mass is 312 g/mol. The Morgan fingerprint density at radius 1 is 1.47 bits per heavy atom. The van der Waals surface area contributed by atoms with Crippen molar-refractivity contribution in [1.82, 2.24) is 4.98 Å². The average Bonchev–Trinajstić information content (AvgIpc) is 2.21. The van der Waals surface area contributed by atoms with Gasteiger partial charge in [-0.3, -0.25) is 4.98 Å². The van der Waals surface area contributed by atoms with Crippen LogP contribution in [0.5, 0.6) is 5.75 Å². The standard InChI is InChI=1S/C9H5BrF4N2O/c10-3-5-6(1-2-15)16-4-7(8(5)11)17-9(12,13)14/h4H,1,3H2. The molecule has 3 nitrogen and oxygen atoms in total. The number of hydrogen-bond donors (Lipinski definition) is 0. The number of pyridine rings is 1. The number of hydrogen-bond acceptors (Lipinski definition) is 3. The maximum absolute atomic E-state index is 13.6. The van der Waals surface area contributed by atoms with E-state index in [1.807, 2.05) is 0 Å². The summed E-state index contributed by atoms with van der Waals surface area (Å²) in [6.07, 6.45) is -4.56. The first-order chi connectivity index (χ1) is 7.89. The summed E-state index contributed by atoms with van der Waals surface area (Å²) in [6, 6.07) is 1.74. The third-order valence-electron chi connectivity index (χ3n) is 1.77. The number of nitriles is 1. The average molecular weight is 313 g/mol. The van der Waals surface area contributed by atoms with Crippen molar-refractivity contribution in [2.75, 3.05) is 0 Å². The Hall–Kier alpha value is -1.36. The molecule has 0 fully saturated rings. The zero-order chi connectivity index (χ0) is 13.1. The summed E-state index contributed by atoms with van der Waals surface area (Å²) in [6.45, 7) is 0. The summed E-state index contributed by atoms with van der Waals surface area (Å²) >= 11 is 2.92. The highest BCUT2D eigenvalue weighted by molar-refractivity contribution is 9.08. The van der Waals surface area contributed by atoms with Crippen LogP contribution in [0.2, 0.25) is 0 Å². The van der Waals surface area contributed by atoms with E-state index in [0.717, 1.165) is 0 Å². The number of rotatable bonds is 3. The highest BCUT2D eigenvalue weighted by Crippen LogP contribution is 2.29. The molecular formula is C9H5BrF4N2O. The zero-order valence-electron chi connectivity index (χ0n) is 8.18. The molecule has 0 aromatic carbocycles. The molecule has 92 valence electrons. The van der Waals surface area contributed by atoms with Gasteiger partial charge in [0.15, 0.2) is 11.6 Å². The van der Waals surface area contributed by atoms with Gasteiger partial charge in [-0.25, -0.2) is 4.39 Å². The lowest BCUT2D eigenvalue weighted by molar-refractivity contribution is -0.275. The van der Waals surface area contributed by atoms with Crippen molar-refractivity contribution in [2.24, 2.45) is 0 Å². The molecule has 17 heavy (non-hydrogen) atoms. The van der Waals surface area contributed by atoms with Crippen LogP contribution in [0.1, 0.15) is 11.3 Å². The van der Waals surface area contributed by atoms with Crippen LogP contribution in [0.4, 0.5) is 17.6 Å². The van der Waals surface area contributed by atoms with Gasteiger partial charge in [-0.1, -0.05) is 15.9 Å². The molecule has 1 aromatic rings. The third kappa shape index (κ3) is 3.56. The third-order valence-corrected chi connectivity index (χ3v) is 2.33. The maximum Gasteiger partial charge on any atom is 0.573 e. The maximum atomic E-state index is 13.6. The number of ether oxygens (including phenoxy) is 1. The highest BCUT2D eigenvalue weighted by Gasteiger charge is 2.33. The van der Waals surface area contributed by atoms with E-state index in [2.05, 4.69) is 25.7 Å². The Kier molecular flexibility index (Phi) is 4.28. The lowest BCUT2D eigenvalue weighted by Crippen LogP contribution is -2.19. The van der Waals surface area contributed by atoms with Gasteiger partial charge in [-0.2, -0.15) is 5.26 Å². The van der Waals surface area contributed by atoms with Crippen LogP contribution in [0, 0.1) is 17.1 Å². The van der Waals surface area contributed by atoms with Crippen molar-refractivity contribution in [3.8, 4) is 11.8 Å². The minimum Gasteiger partial charge on any atom is -0.401 e. The second-order valence-corrected chi connectivity index (χ2v) is 3.44. The number of halogens is 5. The minimum absolute atomic E-state index is 0.0576. The molecule has 0 bridgehead atoms. The summed E-state index contributed by atoms with van der Waals surface area (Å²) in [5.74, 6) is -2.17. The molecule has 8 heteroatoms. The molecule has 1 heterocycles. The summed E-state index contributed by atoms with van der Waals surface area (Å²) < 4.78 is 52.8. The van der Waals surface area contributed by atoms with Gasteiger partial charge in [0.25, 0.3) is 0 Å². The van der Waals surface area contributed by atoms with Crippen LogP contribution in [0.15, 0.2) is 6.20 Å². The fourth-order valence-electron chi connectivity index (χ4n) is 1.11. The minimum atomic E-state index is -4.98. The van der Waals surface area contributed by atoms with Gasteiger partial charge in [0.1, 0.15) is 0 Å². The van der Waals surface area contributed by atoms with E-state index < -0.39 is 17.9 Å². The van der Waals surface area contributed by atoms with Crippen LogP contribution >= 0.6 is 15.9 Å². The molecule has 0 saturated carbocycles. The Bertz CT molecular complexity index is 456. The van der Waals surface area contributed by atoms with E-state index in [9.17, 15) is 17.6 Å². The fraction of sp³-hybridized carbons (Fsp3) is 0.333. The molecule has 1 aromatic heterocycles. The van der Waals surface area contributed by atoms with Gasteiger partial charge >= 0.3 is 6.36 Å². The van der Waals surface area contributed by atoms with E-state index in [1.165, 1.54) is 0 Å². The van der Waals surface area contributed by atoms with Crippen LogP contribution in [0.25, 0.3) is 0 Å². The van der Waals surface area contributed by atoms with Crippen molar-refractivity contribution in [3.63, 3.8) is 0 Å². The number of nitrogens with zero attached hydrogens (tertiary/aromatic N) is 2. The van der Waals surface area contributed by atoms with Gasteiger partial charge in [0, 0.05) is 10.9 Å². The fourth-order valence-corrected chi connectivity index (χ4v) is 1.68. The smallest absolute Gasteiger partial charge is 0.401 e. The largest absolute Gasteiger partial charge is 0.573 e. The van der Waals surface area contributed by atoms with Crippen LogP contribution in [-0.2, 0) is 11.8 Å². The predicted molar refractivity (Wildman–Crippen MR) is 52.8 cm³/mol. The Labute approximate surface area is 102 Å². The second kappa shape index (κ2) is 5.31. The molecule has 0 amide bonds. The van der Waals surface area contributed by atoms with E-state index in [0.29, 0.717) is 6.20 Å².